The fourth-order valence-electron chi connectivity index (χ4n) is 5.11. The van der Waals surface area contributed by atoms with Crippen molar-refractivity contribution in [2.75, 3.05) is 33.7 Å². The third-order valence-corrected chi connectivity index (χ3v) is 8.07. The van der Waals surface area contributed by atoms with E-state index < -0.39 is 10.2 Å². The summed E-state index contributed by atoms with van der Waals surface area (Å²) < 4.78 is 34.6. The van der Waals surface area contributed by atoms with Gasteiger partial charge in [0, 0.05) is 64.2 Å². The minimum atomic E-state index is -3.40. The molecule has 1 spiro atoms. The van der Waals surface area contributed by atoms with Crippen molar-refractivity contribution in [3.8, 4) is 0 Å². The molecule has 0 saturated carbocycles. The molecule has 3 aliphatic rings. The molecule has 0 amide bonds. The second-order valence-corrected chi connectivity index (χ2v) is 10.4. The number of ether oxygens (including phenoxy) is 1. The molecule has 2 N–H and O–H groups in total. The second kappa shape index (κ2) is 6.81. The van der Waals surface area contributed by atoms with Gasteiger partial charge >= 0.3 is 0 Å². The summed E-state index contributed by atoms with van der Waals surface area (Å²) in [5.41, 5.74) is 2.15. The monoisotopic (exact) mass is 397 g/mol. The summed E-state index contributed by atoms with van der Waals surface area (Å²) in [5.74, 6) is 1.66. The SMILES string of the molecule is CCc1nc(CN2C[C@@H]3[C@H](CNS(=O)(=O)N(C)C)[C@H]4CC[C@]3(C2)O4)c(C)[nH]1. The molecule has 0 unspecified atom stereocenters. The van der Waals surface area contributed by atoms with Crippen LogP contribution in [0.25, 0.3) is 0 Å². The van der Waals surface area contributed by atoms with Crippen molar-refractivity contribution in [3.05, 3.63) is 17.2 Å². The topological polar surface area (TPSA) is 90.6 Å². The number of nitrogens with one attached hydrogen (secondary N) is 2. The molecule has 1 aromatic rings. The van der Waals surface area contributed by atoms with Crippen molar-refractivity contribution in [1.82, 2.24) is 23.9 Å². The van der Waals surface area contributed by atoms with E-state index in [4.69, 9.17) is 9.72 Å². The molecule has 4 heterocycles. The second-order valence-electron chi connectivity index (χ2n) is 8.44. The fraction of sp³-hybridized carbons (Fsp3) is 0.833. The van der Waals surface area contributed by atoms with E-state index in [1.807, 2.05) is 0 Å². The highest BCUT2D eigenvalue weighted by atomic mass is 32.2. The maximum absolute atomic E-state index is 12.1. The van der Waals surface area contributed by atoms with Crippen LogP contribution in [0.15, 0.2) is 0 Å². The molecule has 0 radical (unpaired) electrons. The van der Waals surface area contributed by atoms with Crippen LogP contribution in [0.4, 0.5) is 0 Å². The Kier molecular flexibility index (Phi) is 4.87. The molecule has 9 heteroatoms. The number of H-pyrrole nitrogens is 1. The number of likely N-dealkylation sites (tertiary alicyclic amines) is 1. The van der Waals surface area contributed by atoms with Gasteiger partial charge in [-0.05, 0) is 19.8 Å². The Hall–Kier alpha value is -1.00. The van der Waals surface area contributed by atoms with Crippen LogP contribution in [0, 0.1) is 18.8 Å². The van der Waals surface area contributed by atoms with Gasteiger partial charge in [-0.15, -0.1) is 0 Å². The third-order valence-electron chi connectivity index (χ3n) is 6.58. The maximum Gasteiger partial charge on any atom is 0.278 e. The van der Waals surface area contributed by atoms with E-state index in [1.54, 1.807) is 14.1 Å². The molecule has 4 atom stereocenters. The molecule has 27 heavy (non-hydrogen) atoms. The fourth-order valence-corrected chi connectivity index (χ4v) is 5.77. The van der Waals surface area contributed by atoms with Crippen molar-refractivity contribution in [3.63, 3.8) is 0 Å². The zero-order valence-electron chi connectivity index (χ0n) is 16.7. The normalized spacial score (nSPS) is 33.3. The molecule has 0 aromatic carbocycles. The van der Waals surface area contributed by atoms with Gasteiger partial charge in [0.25, 0.3) is 10.2 Å². The highest BCUT2D eigenvalue weighted by Crippen LogP contribution is 2.54. The van der Waals surface area contributed by atoms with Gasteiger partial charge in [0.05, 0.1) is 17.4 Å². The minimum Gasteiger partial charge on any atom is -0.370 e. The average Bonchev–Trinajstić information content (AvgIpc) is 3.33. The van der Waals surface area contributed by atoms with E-state index in [0.717, 1.165) is 56.1 Å². The minimum absolute atomic E-state index is 0.101. The molecule has 0 aliphatic carbocycles. The third kappa shape index (κ3) is 3.33. The van der Waals surface area contributed by atoms with Gasteiger partial charge in [-0.3, -0.25) is 4.90 Å². The molecular weight excluding hydrogens is 366 g/mol. The smallest absolute Gasteiger partial charge is 0.278 e. The summed E-state index contributed by atoms with van der Waals surface area (Å²) in [4.78, 5) is 10.5. The predicted octanol–water partition coefficient (Wildman–Crippen LogP) is 0.656. The van der Waals surface area contributed by atoms with E-state index in [2.05, 4.69) is 28.5 Å². The number of rotatable bonds is 7. The zero-order valence-corrected chi connectivity index (χ0v) is 17.5. The molecule has 152 valence electrons. The predicted molar refractivity (Wildman–Crippen MR) is 102 cm³/mol. The first-order chi connectivity index (χ1) is 12.7. The lowest BCUT2D eigenvalue weighted by Gasteiger charge is -2.29. The van der Waals surface area contributed by atoms with Crippen molar-refractivity contribution in [1.29, 1.82) is 0 Å². The first-order valence-electron chi connectivity index (χ1n) is 9.86. The van der Waals surface area contributed by atoms with Gasteiger partial charge in [0.1, 0.15) is 5.82 Å². The van der Waals surface area contributed by atoms with Crippen molar-refractivity contribution < 1.29 is 13.2 Å². The highest BCUT2D eigenvalue weighted by Gasteiger charge is 2.62. The first-order valence-corrected chi connectivity index (χ1v) is 11.3. The van der Waals surface area contributed by atoms with Gasteiger partial charge in [0.2, 0.25) is 0 Å². The number of aryl methyl sites for hydroxylation is 2. The van der Waals surface area contributed by atoms with Crippen molar-refractivity contribution in [2.24, 2.45) is 11.8 Å². The first kappa shape index (κ1) is 19.3. The molecular formula is C18H31N5O3S. The highest BCUT2D eigenvalue weighted by molar-refractivity contribution is 7.87. The number of hydrogen-bond donors (Lipinski definition) is 2. The van der Waals surface area contributed by atoms with Crippen molar-refractivity contribution in [2.45, 2.75) is 51.4 Å². The molecule has 2 bridgehead atoms. The van der Waals surface area contributed by atoms with Gasteiger partial charge in [-0.2, -0.15) is 12.7 Å². The molecule has 3 fully saturated rings. The van der Waals surface area contributed by atoms with Gasteiger partial charge in [-0.25, -0.2) is 9.71 Å². The largest absolute Gasteiger partial charge is 0.370 e. The van der Waals surface area contributed by atoms with E-state index in [9.17, 15) is 8.42 Å². The van der Waals surface area contributed by atoms with Crippen LogP contribution in [-0.4, -0.2) is 73.0 Å². The molecule has 3 aliphatic heterocycles. The molecule has 3 saturated heterocycles. The summed E-state index contributed by atoms with van der Waals surface area (Å²) in [7, 11) is -0.300. The number of nitrogens with zero attached hydrogens (tertiary/aromatic N) is 3. The summed E-state index contributed by atoms with van der Waals surface area (Å²) in [6.45, 7) is 7.32. The van der Waals surface area contributed by atoms with E-state index in [1.165, 1.54) is 4.31 Å². The zero-order chi connectivity index (χ0) is 19.4. The maximum atomic E-state index is 12.1. The van der Waals surface area contributed by atoms with Crippen LogP contribution >= 0.6 is 0 Å². The molecule has 4 rings (SSSR count). The van der Waals surface area contributed by atoms with Crippen molar-refractivity contribution >= 4 is 10.2 Å². The van der Waals surface area contributed by atoms with Crippen LogP contribution in [0.1, 0.15) is 37.0 Å². The van der Waals surface area contributed by atoms with Crippen LogP contribution in [0.2, 0.25) is 0 Å². The van der Waals surface area contributed by atoms with Crippen LogP contribution in [0.3, 0.4) is 0 Å². The standard InChI is InChI=1S/C18H31N5O3S/c1-5-17-20-12(2)15(21-17)10-23-9-14-13(8-19-27(24,25)22(3)4)16-6-7-18(14,11-23)26-16/h13-14,16,19H,5-11H2,1-4H3,(H,20,21)/t13-,14+,16+,18+/m0/s1. The lowest BCUT2D eigenvalue weighted by molar-refractivity contribution is 0.00210. The summed E-state index contributed by atoms with van der Waals surface area (Å²) >= 11 is 0. The van der Waals surface area contributed by atoms with Gasteiger partial charge < -0.3 is 9.72 Å². The van der Waals surface area contributed by atoms with Crippen LogP contribution in [-0.2, 0) is 27.9 Å². The summed E-state index contributed by atoms with van der Waals surface area (Å²) in [5, 5.41) is 0. The van der Waals surface area contributed by atoms with E-state index in [-0.39, 0.29) is 17.6 Å². The Balaban J connectivity index is 1.45. The Bertz CT molecular complexity index is 808. The molecule has 1 aromatic heterocycles. The average molecular weight is 398 g/mol. The Labute approximate surface area is 161 Å². The Morgan fingerprint density at radius 2 is 2.22 bits per heavy atom. The van der Waals surface area contributed by atoms with Gasteiger partial charge in [-0.1, -0.05) is 6.92 Å². The van der Waals surface area contributed by atoms with Gasteiger partial charge in [0.15, 0.2) is 0 Å². The summed E-state index contributed by atoms with van der Waals surface area (Å²) in [6.07, 6.45) is 3.20. The van der Waals surface area contributed by atoms with Crippen LogP contribution < -0.4 is 4.72 Å². The number of aromatic nitrogens is 2. The van der Waals surface area contributed by atoms with E-state index >= 15 is 0 Å². The Morgan fingerprint density at radius 1 is 1.44 bits per heavy atom. The molecule has 8 nitrogen and oxygen atoms in total. The number of aromatic amines is 1. The quantitative estimate of drug-likeness (QED) is 0.705. The number of hydrogen-bond acceptors (Lipinski definition) is 5. The number of imidazole rings is 1. The lowest BCUT2D eigenvalue weighted by Crippen LogP contribution is -2.44. The summed E-state index contributed by atoms with van der Waals surface area (Å²) in [6, 6.07) is 0. The lowest BCUT2D eigenvalue weighted by atomic mass is 9.74. The number of fused-ring (bicyclic) bond motifs is 1. The van der Waals surface area contributed by atoms with Crippen LogP contribution in [0.5, 0.6) is 0 Å². The van der Waals surface area contributed by atoms with E-state index in [0.29, 0.717) is 12.5 Å². The Morgan fingerprint density at radius 3 is 2.89 bits per heavy atom.